The standard InChI is InChI=1S/C16H18N4O.C5H5N/c1-11-10-18-16(20-15(11)8-9-17)19-12(2)13-4-6-14(21-3)7-5-13;1-2-4-6-5-3-1/h4-7,10,12H,8H2,1-3H3,(H,18,19,20);1-5H. The third-order valence-electron chi connectivity index (χ3n) is 3.85. The number of benzene rings is 1. The molecule has 2 heterocycles. The van der Waals surface area contributed by atoms with Crippen molar-refractivity contribution in [3.05, 3.63) is 77.9 Å². The van der Waals surface area contributed by atoms with Gasteiger partial charge in [0.25, 0.3) is 0 Å². The highest BCUT2D eigenvalue weighted by molar-refractivity contribution is 5.36. The number of rotatable bonds is 5. The van der Waals surface area contributed by atoms with E-state index < -0.39 is 0 Å². The largest absolute Gasteiger partial charge is 0.497 e. The van der Waals surface area contributed by atoms with Gasteiger partial charge in [-0.05, 0) is 49.2 Å². The molecule has 0 fully saturated rings. The zero-order valence-electron chi connectivity index (χ0n) is 15.8. The number of nitriles is 1. The third-order valence-corrected chi connectivity index (χ3v) is 3.85. The van der Waals surface area contributed by atoms with Gasteiger partial charge in [0.05, 0.1) is 31.3 Å². The Hall–Kier alpha value is -3.46. The Morgan fingerprint density at radius 1 is 1.15 bits per heavy atom. The molecule has 0 saturated carbocycles. The van der Waals surface area contributed by atoms with Crippen LogP contribution in [0.1, 0.15) is 29.8 Å². The molecule has 3 rings (SSSR count). The topological polar surface area (TPSA) is 83.7 Å². The number of pyridine rings is 1. The van der Waals surface area contributed by atoms with Gasteiger partial charge in [0.1, 0.15) is 5.75 Å². The van der Waals surface area contributed by atoms with Gasteiger partial charge in [-0.1, -0.05) is 18.2 Å². The number of hydrogen-bond acceptors (Lipinski definition) is 6. The average Bonchev–Trinajstić information content (AvgIpc) is 2.72. The fourth-order valence-electron chi connectivity index (χ4n) is 2.28. The molecule has 1 unspecified atom stereocenters. The van der Waals surface area contributed by atoms with Crippen LogP contribution in [0.2, 0.25) is 0 Å². The van der Waals surface area contributed by atoms with Crippen molar-refractivity contribution in [2.24, 2.45) is 0 Å². The van der Waals surface area contributed by atoms with Crippen molar-refractivity contribution >= 4 is 5.95 Å². The van der Waals surface area contributed by atoms with Crippen LogP contribution in [-0.4, -0.2) is 22.1 Å². The Labute approximate surface area is 159 Å². The summed E-state index contributed by atoms with van der Waals surface area (Å²) in [5.74, 6) is 1.36. The Kier molecular flexibility index (Phi) is 7.73. The molecule has 0 aliphatic carbocycles. The molecular weight excluding hydrogens is 338 g/mol. The normalized spacial score (nSPS) is 10.7. The summed E-state index contributed by atoms with van der Waals surface area (Å²) in [6, 6.07) is 15.7. The molecule has 0 amide bonds. The summed E-state index contributed by atoms with van der Waals surface area (Å²) in [7, 11) is 1.65. The highest BCUT2D eigenvalue weighted by atomic mass is 16.5. The van der Waals surface area contributed by atoms with E-state index in [4.69, 9.17) is 10.00 Å². The molecule has 1 atom stereocenters. The van der Waals surface area contributed by atoms with Crippen LogP contribution in [0.4, 0.5) is 5.95 Å². The van der Waals surface area contributed by atoms with Crippen LogP contribution in [0.15, 0.2) is 61.1 Å². The van der Waals surface area contributed by atoms with Crippen LogP contribution in [0.25, 0.3) is 0 Å². The summed E-state index contributed by atoms with van der Waals surface area (Å²) < 4.78 is 5.15. The zero-order valence-corrected chi connectivity index (χ0v) is 15.8. The molecule has 27 heavy (non-hydrogen) atoms. The molecule has 6 heteroatoms. The smallest absolute Gasteiger partial charge is 0.223 e. The van der Waals surface area contributed by atoms with Crippen molar-refractivity contribution in [2.75, 3.05) is 12.4 Å². The van der Waals surface area contributed by atoms with Gasteiger partial charge in [-0.15, -0.1) is 0 Å². The highest BCUT2D eigenvalue weighted by Gasteiger charge is 2.09. The van der Waals surface area contributed by atoms with Crippen molar-refractivity contribution in [3.63, 3.8) is 0 Å². The molecule has 3 aromatic rings. The first-order valence-electron chi connectivity index (χ1n) is 8.59. The second-order valence-electron chi connectivity index (χ2n) is 5.82. The third kappa shape index (κ3) is 6.40. The van der Waals surface area contributed by atoms with Crippen LogP contribution in [0.5, 0.6) is 5.75 Å². The molecule has 2 aromatic heterocycles. The number of aryl methyl sites for hydroxylation is 1. The lowest BCUT2D eigenvalue weighted by Crippen LogP contribution is -2.10. The minimum Gasteiger partial charge on any atom is -0.497 e. The van der Waals surface area contributed by atoms with Gasteiger partial charge in [-0.25, -0.2) is 9.97 Å². The molecule has 0 aliphatic rings. The van der Waals surface area contributed by atoms with Crippen molar-refractivity contribution in [3.8, 4) is 11.8 Å². The first-order chi connectivity index (χ1) is 13.1. The predicted molar refractivity (Wildman–Crippen MR) is 105 cm³/mol. The summed E-state index contributed by atoms with van der Waals surface area (Å²) in [4.78, 5) is 12.4. The molecule has 0 saturated heterocycles. The van der Waals surface area contributed by atoms with Crippen molar-refractivity contribution in [2.45, 2.75) is 26.3 Å². The highest BCUT2D eigenvalue weighted by Crippen LogP contribution is 2.20. The summed E-state index contributed by atoms with van der Waals surface area (Å²) in [6.45, 7) is 3.94. The van der Waals surface area contributed by atoms with Crippen LogP contribution in [0, 0.1) is 18.3 Å². The molecule has 1 aromatic carbocycles. The van der Waals surface area contributed by atoms with E-state index in [0.29, 0.717) is 12.4 Å². The van der Waals surface area contributed by atoms with E-state index in [1.54, 1.807) is 25.7 Å². The maximum Gasteiger partial charge on any atom is 0.223 e. The quantitative estimate of drug-likeness (QED) is 0.736. The fraction of sp³-hybridized carbons (Fsp3) is 0.238. The van der Waals surface area contributed by atoms with Gasteiger partial charge < -0.3 is 10.1 Å². The second-order valence-corrected chi connectivity index (χ2v) is 5.82. The fourth-order valence-corrected chi connectivity index (χ4v) is 2.28. The number of methoxy groups -OCH3 is 1. The summed E-state index contributed by atoms with van der Waals surface area (Å²) in [5.41, 5.74) is 2.80. The van der Waals surface area contributed by atoms with E-state index in [1.807, 2.05) is 56.3 Å². The average molecular weight is 361 g/mol. The maximum atomic E-state index is 8.80. The van der Waals surface area contributed by atoms with Crippen LogP contribution in [0.3, 0.4) is 0 Å². The zero-order chi connectivity index (χ0) is 19.5. The van der Waals surface area contributed by atoms with E-state index in [1.165, 1.54) is 0 Å². The van der Waals surface area contributed by atoms with Crippen LogP contribution < -0.4 is 10.1 Å². The number of aromatic nitrogens is 3. The molecule has 0 radical (unpaired) electrons. The monoisotopic (exact) mass is 361 g/mol. The lowest BCUT2D eigenvalue weighted by Gasteiger charge is -2.15. The Bertz CT molecular complexity index is 833. The van der Waals surface area contributed by atoms with E-state index >= 15 is 0 Å². The molecule has 6 nitrogen and oxygen atoms in total. The molecule has 0 aliphatic heterocycles. The van der Waals surface area contributed by atoms with Crippen LogP contribution in [-0.2, 0) is 6.42 Å². The lowest BCUT2D eigenvalue weighted by atomic mass is 10.1. The number of nitrogens with one attached hydrogen (secondary N) is 1. The first-order valence-corrected chi connectivity index (χ1v) is 8.59. The van der Waals surface area contributed by atoms with Gasteiger partial charge in [0, 0.05) is 18.6 Å². The molecule has 0 spiro atoms. The number of nitrogens with zero attached hydrogens (tertiary/aromatic N) is 4. The van der Waals surface area contributed by atoms with E-state index in [0.717, 1.165) is 22.6 Å². The minimum absolute atomic E-state index is 0.0635. The SMILES string of the molecule is COc1ccc(C(C)Nc2ncc(C)c(CC#N)n2)cc1.c1ccncc1. The van der Waals surface area contributed by atoms with Crippen molar-refractivity contribution < 1.29 is 4.74 Å². The second kappa shape index (κ2) is 10.5. The Morgan fingerprint density at radius 3 is 2.37 bits per heavy atom. The van der Waals surface area contributed by atoms with Gasteiger partial charge in [0.2, 0.25) is 5.95 Å². The van der Waals surface area contributed by atoms with Gasteiger partial charge in [0.15, 0.2) is 0 Å². The maximum absolute atomic E-state index is 8.80. The molecular formula is C21H23N5O. The van der Waals surface area contributed by atoms with E-state index in [2.05, 4.69) is 26.3 Å². The van der Waals surface area contributed by atoms with Crippen molar-refractivity contribution in [1.29, 1.82) is 5.26 Å². The van der Waals surface area contributed by atoms with E-state index in [-0.39, 0.29) is 6.04 Å². The Morgan fingerprint density at radius 2 is 1.85 bits per heavy atom. The molecule has 1 N–H and O–H groups in total. The Balaban J connectivity index is 0.000000369. The van der Waals surface area contributed by atoms with E-state index in [9.17, 15) is 0 Å². The minimum atomic E-state index is 0.0635. The van der Waals surface area contributed by atoms with Gasteiger partial charge >= 0.3 is 0 Å². The van der Waals surface area contributed by atoms with Crippen LogP contribution >= 0.6 is 0 Å². The number of hydrogen-bond donors (Lipinski definition) is 1. The predicted octanol–water partition coefficient (Wildman–Crippen LogP) is 4.11. The summed E-state index contributed by atoms with van der Waals surface area (Å²) >= 11 is 0. The number of anilines is 1. The van der Waals surface area contributed by atoms with Crippen molar-refractivity contribution in [1.82, 2.24) is 15.0 Å². The first kappa shape index (κ1) is 19.9. The summed E-state index contributed by atoms with van der Waals surface area (Å²) in [6.07, 6.45) is 5.53. The summed E-state index contributed by atoms with van der Waals surface area (Å²) in [5, 5.41) is 12.1. The van der Waals surface area contributed by atoms with Gasteiger partial charge in [-0.2, -0.15) is 5.26 Å². The number of ether oxygens (including phenoxy) is 1. The molecule has 138 valence electrons. The lowest BCUT2D eigenvalue weighted by molar-refractivity contribution is 0.414. The molecule has 0 bridgehead atoms. The van der Waals surface area contributed by atoms with Gasteiger partial charge in [-0.3, -0.25) is 4.98 Å².